The van der Waals surface area contributed by atoms with Crippen LogP contribution in [0.3, 0.4) is 0 Å². The van der Waals surface area contributed by atoms with Gasteiger partial charge in [0.05, 0.1) is 10.5 Å². The van der Waals surface area contributed by atoms with E-state index in [4.69, 9.17) is 5.73 Å². The summed E-state index contributed by atoms with van der Waals surface area (Å²) in [7, 11) is 0. The van der Waals surface area contributed by atoms with Crippen molar-refractivity contribution in [2.24, 2.45) is 0 Å². The largest absolute Gasteiger partial charge is 0.416 e. The Hall–Kier alpha value is -1.41. The molecule has 0 fully saturated rings. The molecular weight excluding hydrogens is 307 g/mol. The summed E-state index contributed by atoms with van der Waals surface area (Å²) >= 11 is 2.56. The minimum Gasteiger partial charge on any atom is -0.382 e. The van der Waals surface area contributed by atoms with E-state index in [1.165, 1.54) is 23.9 Å². The maximum atomic E-state index is 12.9. The smallest absolute Gasteiger partial charge is 0.382 e. The molecule has 2 rings (SSSR count). The predicted octanol–water partition coefficient (Wildman–Crippen LogP) is 4.08. The molecule has 108 valence electrons. The number of hydrogen-bond acceptors (Lipinski definition) is 5. The lowest BCUT2D eigenvalue weighted by Gasteiger charge is -2.13. The quantitative estimate of drug-likeness (QED) is 0.834. The molecule has 0 saturated carbocycles. The third-order valence-electron chi connectivity index (χ3n) is 2.64. The Kier molecular flexibility index (Phi) is 4.44. The van der Waals surface area contributed by atoms with E-state index in [-0.39, 0.29) is 12.1 Å². The summed E-state index contributed by atoms with van der Waals surface area (Å²) < 4.78 is 42.6. The Balaban J connectivity index is 2.19. The molecular formula is C12H12F3N3S2. The fraction of sp³-hybridized carbons (Fsp3) is 0.250. The lowest BCUT2D eigenvalue weighted by Crippen LogP contribution is -2.11. The Labute approximate surface area is 122 Å². The summed E-state index contributed by atoms with van der Waals surface area (Å²) in [4.78, 5) is 0.763. The number of nitrogens with one attached hydrogen (secondary N) is 1. The highest BCUT2D eigenvalue weighted by Crippen LogP contribution is 2.36. The number of benzene rings is 1. The van der Waals surface area contributed by atoms with Gasteiger partial charge in [0.15, 0.2) is 5.82 Å². The Bertz CT molecular complexity index is 596. The highest BCUT2D eigenvalue weighted by molar-refractivity contribution is 7.99. The Morgan fingerprint density at radius 1 is 1.35 bits per heavy atom. The van der Waals surface area contributed by atoms with E-state index in [0.717, 1.165) is 22.5 Å². The van der Waals surface area contributed by atoms with Gasteiger partial charge in [0, 0.05) is 6.54 Å². The molecule has 0 bridgehead atoms. The van der Waals surface area contributed by atoms with Crippen LogP contribution in [0.1, 0.15) is 11.1 Å². The maximum absolute atomic E-state index is 12.9. The van der Waals surface area contributed by atoms with Crippen LogP contribution in [0.2, 0.25) is 0 Å². The highest BCUT2D eigenvalue weighted by atomic mass is 32.2. The average molecular weight is 319 g/mol. The number of nitrogen functional groups attached to an aromatic ring is 1. The standard InChI is InChI=1S/C12H12F3N3S2/c1-19-9-10(16)18-20-11(9)17-6-7-4-2-3-5-8(7)12(13,14)15/h2-5,17H,6H2,1H3,(H2,16,18). The molecule has 20 heavy (non-hydrogen) atoms. The summed E-state index contributed by atoms with van der Waals surface area (Å²) in [6.45, 7) is 0.0743. The molecule has 1 heterocycles. The van der Waals surface area contributed by atoms with Gasteiger partial charge in [-0.05, 0) is 29.4 Å². The molecule has 3 nitrogen and oxygen atoms in total. The van der Waals surface area contributed by atoms with Crippen LogP contribution in [0.4, 0.5) is 24.0 Å². The van der Waals surface area contributed by atoms with E-state index < -0.39 is 11.7 Å². The second kappa shape index (κ2) is 5.92. The fourth-order valence-corrected chi connectivity index (χ4v) is 3.27. The number of rotatable bonds is 4. The zero-order valence-corrected chi connectivity index (χ0v) is 12.1. The van der Waals surface area contributed by atoms with Crippen molar-refractivity contribution in [1.29, 1.82) is 0 Å². The van der Waals surface area contributed by atoms with E-state index in [9.17, 15) is 13.2 Å². The number of anilines is 2. The SMILES string of the molecule is CSc1c(N)nsc1NCc1ccccc1C(F)(F)F. The highest BCUT2D eigenvalue weighted by Gasteiger charge is 2.32. The maximum Gasteiger partial charge on any atom is 0.416 e. The van der Waals surface area contributed by atoms with Crippen LogP contribution in [-0.4, -0.2) is 10.6 Å². The molecule has 0 aliphatic rings. The number of alkyl halides is 3. The van der Waals surface area contributed by atoms with Crippen molar-refractivity contribution in [1.82, 2.24) is 4.37 Å². The first-order valence-corrected chi connectivity index (χ1v) is 7.61. The molecule has 2 aromatic rings. The van der Waals surface area contributed by atoms with E-state index in [1.54, 1.807) is 6.07 Å². The van der Waals surface area contributed by atoms with Gasteiger partial charge < -0.3 is 11.1 Å². The lowest BCUT2D eigenvalue weighted by atomic mass is 10.1. The van der Waals surface area contributed by atoms with Crippen LogP contribution in [0.25, 0.3) is 0 Å². The number of nitrogens with two attached hydrogens (primary N) is 1. The summed E-state index contributed by atoms with van der Waals surface area (Å²) in [5.74, 6) is 0.397. The van der Waals surface area contributed by atoms with E-state index in [0.29, 0.717) is 10.8 Å². The topological polar surface area (TPSA) is 50.9 Å². The van der Waals surface area contributed by atoms with Gasteiger partial charge in [-0.2, -0.15) is 17.5 Å². The molecule has 0 saturated heterocycles. The van der Waals surface area contributed by atoms with Crippen LogP contribution in [0.5, 0.6) is 0 Å². The molecule has 0 aliphatic heterocycles. The Morgan fingerprint density at radius 2 is 2.05 bits per heavy atom. The molecule has 1 aromatic heterocycles. The van der Waals surface area contributed by atoms with E-state index in [1.807, 2.05) is 6.26 Å². The third kappa shape index (κ3) is 3.18. The van der Waals surface area contributed by atoms with E-state index >= 15 is 0 Å². The van der Waals surface area contributed by atoms with Crippen LogP contribution in [-0.2, 0) is 12.7 Å². The van der Waals surface area contributed by atoms with Crippen molar-refractivity contribution < 1.29 is 13.2 Å². The van der Waals surface area contributed by atoms with Crippen LogP contribution in [0, 0.1) is 0 Å². The zero-order chi connectivity index (χ0) is 14.8. The third-order valence-corrected chi connectivity index (χ3v) is 4.41. The van der Waals surface area contributed by atoms with Crippen molar-refractivity contribution in [2.75, 3.05) is 17.3 Å². The second-order valence-electron chi connectivity index (χ2n) is 3.94. The van der Waals surface area contributed by atoms with Gasteiger partial charge in [-0.15, -0.1) is 11.8 Å². The predicted molar refractivity (Wildman–Crippen MR) is 77.1 cm³/mol. The molecule has 1 aromatic carbocycles. The van der Waals surface area contributed by atoms with Crippen molar-refractivity contribution in [3.8, 4) is 0 Å². The Morgan fingerprint density at radius 3 is 2.70 bits per heavy atom. The van der Waals surface area contributed by atoms with Gasteiger partial charge in [-0.25, -0.2) is 0 Å². The molecule has 0 radical (unpaired) electrons. The molecule has 0 aliphatic carbocycles. The van der Waals surface area contributed by atoms with Gasteiger partial charge in [0.25, 0.3) is 0 Å². The summed E-state index contributed by atoms with van der Waals surface area (Å²) in [5, 5.41) is 3.66. The molecule has 0 amide bonds. The van der Waals surface area contributed by atoms with E-state index in [2.05, 4.69) is 9.69 Å². The second-order valence-corrected chi connectivity index (χ2v) is 5.53. The van der Waals surface area contributed by atoms with Crippen LogP contribution >= 0.6 is 23.3 Å². The van der Waals surface area contributed by atoms with Crippen LogP contribution < -0.4 is 11.1 Å². The van der Waals surface area contributed by atoms with Gasteiger partial charge in [0.1, 0.15) is 5.00 Å². The molecule has 8 heteroatoms. The summed E-state index contributed by atoms with van der Waals surface area (Å²) in [6.07, 6.45) is -2.51. The molecule has 0 atom stereocenters. The summed E-state index contributed by atoms with van der Waals surface area (Å²) in [5.41, 5.74) is 5.24. The number of nitrogens with zero attached hydrogens (tertiary/aromatic N) is 1. The lowest BCUT2D eigenvalue weighted by molar-refractivity contribution is -0.138. The molecule has 0 spiro atoms. The van der Waals surface area contributed by atoms with Gasteiger partial charge in [-0.3, -0.25) is 0 Å². The van der Waals surface area contributed by atoms with Gasteiger partial charge in [0.2, 0.25) is 0 Å². The minimum absolute atomic E-state index is 0.0743. The normalized spacial score (nSPS) is 11.6. The molecule has 3 N–H and O–H groups in total. The first-order chi connectivity index (χ1) is 9.43. The first-order valence-electron chi connectivity index (χ1n) is 5.61. The number of aromatic nitrogens is 1. The van der Waals surface area contributed by atoms with Gasteiger partial charge >= 0.3 is 6.18 Å². The fourth-order valence-electron chi connectivity index (χ4n) is 1.73. The zero-order valence-electron chi connectivity index (χ0n) is 10.5. The number of thioether (sulfide) groups is 1. The number of halogens is 3. The van der Waals surface area contributed by atoms with Crippen molar-refractivity contribution in [3.63, 3.8) is 0 Å². The van der Waals surface area contributed by atoms with Crippen LogP contribution in [0.15, 0.2) is 29.2 Å². The molecule has 0 unspecified atom stereocenters. The van der Waals surface area contributed by atoms with Crippen molar-refractivity contribution >= 4 is 34.1 Å². The van der Waals surface area contributed by atoms with Crippen molar-refractivity contribution in [3.05, 3.63) is 35.4 Å². The van der Waals surface area contributed by atoms with Crippen molar-refractivity contribution in [2.45, 2.75) is 17.6 Å². The minimum atomic E-state index is -4.35. The van der Waals surface area contributed by atoms with Gasteiger partial charge in [-0.1, -0.05) is 18.2 Å². The monoisotopic (exact) mass is 319 g/mol. The average Bonchev–Trinajstić information content (AvgIpc) is 2.76. The number of hydrogen-bond donors (Lipinski definition) is 2. The first kappa shape index (κ1) is 15.0. The summed E-state index contributed by atoms with van der Waals surface area (Å²) in [6, 6.07) is 5.50.